The van der Waals surface area contributed by atoms with E-state index in [1.807, 2.05) is 0 Å². The largest absolute Gasteiger partial charge is 0.328 e. The molecule has 0 heterocycles. The van der Waals surface area contributed by atoms with Gasteiger partial charge in [-0.2, -0.15) is 0 Å². The first-order chi connectivity index (χ1) is 5.73. The van der Waals surface area contributed by atoms with Crippen LogP contribution in [-0.2, 0) is 0 Å². The molecule has 0 spiro atoms. The normalized spacial score (nSPS) is 30.9. The van der Waals surface area contributed by atoms with Gasteiger partial charge in [-0.1, -0.05) is 20.8 Å². The molecule has 1 aliphatic rings. The van der Waals surface area contributed by atoms with Gasteiger partial charge in [-0.25, -0.2) is 0 Å². The van der Waals surface area contributed by atoms with Crippen molar-refractivity contribution in [3.63, 3.8) is 0 Å². The molecule has 1 heteroatoms. The summed E-state index contributed by atoms with van der Waals surface area (Å²) < 4.78 is 1.14. The minimum absolute atomic E-state index is 0.493. The van der Waals surface area contributed by atoms with E-state index in [-0.39, 0.29) is 0 Å². The van der Waals surface area contributed by atoms with Crippen LogP contribution in [0.4, 0.5) is 0 Å². The van der Waals surface area contributed by atoms with E-state index >= 15 is 0 Å². The van der Waals surface area contributed by atoms with Crippen LogP contribution < -0.4 is 0 Å². The Kier molecular flexibility index (Phi) is 2.78. The van der Waals surface area contributed by atoms with E-state index in [4.69, 9.17) is 0 Å². The molecule has 13 heavy (non-hydrogen) atoms. The van der Waals surface area contributed by atoms with Gasteiger partial charge in [0.15, 0.2) is 0 Å². The van der Waals surface area contributed by atoms with Crippen LogP contribution in [-0.4, -0.2) is 31.7 Å². The van der Waals surface area contributed by atoms with Crippen molar-refractivity contribution in [1.82, 2.24) is 0 Å². The SMILES string of the molecule is CC(C)(C)[C@H]1CCC[C@H]1[N+](C)(C)C. The zero-order valence-corrected chi connectivity index (χ0v) is 10.2. The summed E-state index contributed by atoms with van der Waals surface area (Å²) in [6.45, 7) is 7.18. The summed E-state index contributed by atoms with van der Waals surface area (Å²) in [6.07, 6.45) is 4.29. The Bertz CT molecular complexity index is 151. The standard InChI is InChI=1S/C12H26N/c1-12(2,3)10-8-7-9-11(10)13(4,5)6/h10-11H,7-9H2,1-6H3/q+1/t10-,11+/m0/s1. The number of quaternary nitrogens is 1. The molecule has 0 N–H and O–H groups in total. The summed E-state index contributed by atoms with van der Waals surface area (Å²) >= 11 is 0. The first kappa shape index (κ1) is 11.0. The monoisotopic (exact) mass is 184 g/mol. The maximum Gasteiger partial charge on any atom is 0.0917 e. The fourth-order valence-electron chi connectivity index (χ4n) is 2.88. The van der Waals surface area contributed by atoms with Crippen LogP contribution in [0.3, 0.4) is 0 Å². The van der Waals surface area contributed by atoms with E-state index in [1.165, 1.54) is 19.3 Å². The van der Waals surface area contributed by atoms with Crippen LogP contribution in [0.1, 0.15) is 40.0 Å². The van der Waals surface area contributed by atoms with Gasteiger partial charge in [0.2, 0.25) is 0 Å². The summed E-state index contributed by atoms with van der Waals surface area (Å²) in [7, 11) is 7.03. The second-order valence-corrected chi connectivity index (χ2v) is 6.59. The third-order valence-corrected chi connectivity index (χ3v) is 3.59. The van der Waals surface area contributed by atoms with Crippen molar-refractivity contribution < 1.29 is 4.48 Å². The molecular weight excluding hydrogens is 158 g/mol. The quantitative estimate of drug-likeness (QED) is 0.550. The molecule has 0 aromatic rings. The maximum atomic E-state index is 2.39. The maximum absolute atomic E-state index is 2.39. The molecule has 0 aliphatic heterocycles. The zero-order chi connectivity index (χ0) is 10.3. The Hall–Kier alpha value is -0.0400. The molecule has 0 radical (unpaired) electrons. The van der Waals surface area contributed by atoms with Crippen LogP contribution >= 0.6 is 0 Å². The van der Waals surface area contributed by atoms with Gasteiger partial charge in [0.1, 0.15) is 0 Å². The number of nitrogens with zero attached hydrogens (tertiary/aromatic N) is 1. The van der Waals surface area contributed by atoms with Crippen LogP contribution in [0.25, 0.3) is 0 Å². The Morgan fingerprint density at radius 3 is 1.85 bits per heavy atom. The van der Waals surface area contributed by atoms with E-state index in [9.17, 15) is 0 Å². The van der Waals surface area contributed by atoms with E-state index in [0.717, 1.165) is 16.4 Å². The number of hydrogen-bond acceptors (Lipinski definition) is 0. The van der Waals surface area contributed by atoms with Crippen molar-refractivity contribution in [3.05, 3.63) is 0 Å². The van der Waals surface area contributed by atoms with Crippen molar-refractivity contribution in [1.29, 1.82) is 0 Å². The zero-order valence-electron chi connectivity index (χ0n) is 10.2. The van der Waals surface area contributed by atoms with Gasteiger partial charge < -0.3 is 4.48 Å². The topological polar surface area (TPSA) is 0 Å². The average molecular weight is 184 g/mol. The molecule has 1 rings (SSSR count). The van der Waals surface area contributed by atoms with Crippen LogP contribution in [0.2, 0.25) is 0 Å². The van der Waals surface area contributed by atoms with E-state index in [1.54, 1.807) is 0 Å². The summed E-state index contributed by atoms with van der Waals surface area (Å²) in [5, 5.41) is 0. The number of hydrogen-bond donors (Lipinski definition) is 0. The van der Waals surface area contributed by atoms with Crippen molar-refractivity contribution in [2.24, 2.45) is 11.3 Å². The van der Waals surface area contributed by atoms with E-state index in [2.05, 4.69) is 41.9 Å². The lowest BCUT2D eigenvalue weighted by molar-refractivity contribution is -0.899. The molecule has 0 amide bonds. The van der Waals surface area contributed by atoms with Crippen LogP contribution in [0.5, 0.6) is 0 Å². The molecular formula is C12H26N+. The molecule has 0 aromatic heterocycles. The smallest absolute Gasteiger partial charge is 0.0917 e. The highest BCUT2D eigenvalue weighted by Crippen LogP contribution is 2.42. The Labute approximate surface area is 83.7 Å². The minimum atomic E-state index is 0.493. The molecule has 78 valence electrons. The van der Waals surface area contributed by atoms with Crippen LogP contribution in [0, 0.1) is 11.3 Å². The molecule has 1 saturated carbocycles. The van der Waals surface area contributed by atoms with Crippen molar-refractivity contribution in [3.8, 4) is 0 Å². The van der Waals surface area contributed by atoms with Crippen molar-refractivity contribution in [2.75, 3.05) is 21.1 Å². The lowest BCUT2D eigenvalue weighted by Gasteiger charge is -2.40. The predicted octanol–water partition coefficient (Wildman–Crippen LogP) is 2.91. The lowest BCUT2D eigenvalue weighted by Crippen LogP contribution is -2.49. The second kappa shape index (κ2) is 3.27. The van der Waals surface area contributed by atoms with Gasteiger partial charge in [0, 0.05) is 5.92 Å². The Morgan fingerprint density at radius 1 is 1.00 bits per heavy atom. The summed E-state index contributed by atoms with van der Waals surface area (Å²) in [6, 6.07) is 0.875. The molecule has 1 aliphatic carbocycles. The predicted molar refractivity (Wildman–Crippen MR) is 58.6 cm³/mol. The van der Waals surface area contributed by atoms with Crippen molar-refractivity contribution in [2.45, 2.75) is 46.1 Å². The molecule has 1 fully saturated rings. The molecule has 0 bridgehead atoms. The van der Waals surface area contributed by atoms with Gasteiger partial charge >= 0.3 is 0 Å². The van der Waals surface area contributed by atoms with Gasteiger partial charge in [0.05, 0.1) is 27.2 Å². The third-order valence-electron chi connectivity index (χ3n) is 3.59. The first-order valence-electron chi connectivity index (χ1n) is 5.54. The highest BCUT2D eigenvalue weighted by molar-refractivity contribution is 4.86. The highest BCUT2D eigenvalue weighted by Gasteiger charge is 2.42. The van der Waals surface area contributed by atoms with E-state index < -0.39 is 0 Å². The Balaban J connectivity index is 2.76. The summed E-state index contributed by atoms with van der Waals surface area (Å²) in [5.41, 5.74) is 0.493. The third kappa shape index (κ3) is 2.46. The molecule has 0 aromatic carbocycles. The van der Waals surface area contributed by atoms with Crippen LogP contribution in [0.15, 0.2) is 0 Å². The average Bonchev–Trinajstić information content (AvgIpc) is 2.27. The van der Waals surface area contributed by atoms with Gasteiger partial charge in [0.25, 0.3) is 0 Å². The summed E-state index contributed by atoms with van der Waals surface area (Å²) in [5.74, 6) is 0.910. The van der Waals surface area contributed by atoms with Crippen molar-refractivity contribution >= 4 is 0 Å². The van der Waals surface area contributed by atoms with Gasteiger partial charge in [-0.3, -0.25) is 0 Å². The first-order valence-corrected chi connectivity index (χ1v) is 5.54. The van der Waals surface area contributed by atoms with Gasteiger partial charge in [-0.15, -0.1) is 0 Å². The van der Waals surface area contributed by atoms with E-state index in [0.29, 0.717) is 5.41 Å². The number of rotatable bonds is 1. The Morgan fingerprint density at radius 2 is 1.54 bits per heavy atom. The molecule has 0 unspecified atom stereocenters. The summed E-state index contributed by atoms with van der Waals surface area (Å²) in [4.78, 5) is 0. The lowest BCUT2D eigenvalue weighted by atomic mass is 9.77. The molecule has 0 saturated heterocycles. The van der Waals surface area contributed by atoms with Gasteiger partial charge in [-0.05, 0) is 24.7 Å². The molecule has 2 atom stereocenters. The fraction of sp³-hybridized carbons (Fsp3) is 1.00. The fourth-order valence-corrected chi connectivity index (χ4v) is 2.88. The highest BCUT2D eigenvalue weighted by atomic mass is 15.3. The minimum Gasteiger partial charge on any atom is -0.328 e. The molecule has 1 nitrogen and oxygen atoms in total. The second-order valence-electron chi connectivity index (χ2n) is 6.59.